The first kappa shape index (κ1) is 21.2. The lowest BCUT2D eigenvalue weighted by molar-refractivity contribution is 0.0464. The third-order valence-electron chi connectivity index (χ3n) is 5.95. The number of Topliss-reactive ketones (excluding diaryl/α,β-unsaturated/α-hetero) is 1. The summed E-state index contributed by atoms with van der Waals surface area (Å²) in [5, 5.41) is 0. The van der Waals surface area contributed by atoms with Gasteiger partial charge in [0.2, 0.25) is 0 Å². The molecule has 1 aliphatic rings. The molecule has 1 aliphatic carbocycles. The van der Waals surface area contributed by atoms with Crippen LogP contribution in [0.25, 0.3) is 0 Å². The number of ether oxygens (including phenoxy) is 1. The van der Waals surface area contributed by atoms with Gasteiger partial charge in [0, 0.05) is 12.2 Å². The molecule has 146 valence electrons. The quantitative estimate of drug-likeness (QED) is 0.317. The first-order chi connectivity index (χ1) is 12.7. The molecule has 0 spiro atoms. The Balaban J connectivity index is 1.80. The van der Waals surface area contributed by atoms with Crippen LogP contribution in [-0.4, -0.2) is 18.5 Å². The molecule has 1 aromatic rings. The van der Waals surface area contributed by atoms with E-state index < -0.39 is 0 Å². The van der Waals surface area contributed by atoms with Crippen molar-refractivity contribution in [2.45, 2.75) is 97.0 Å². The summed E-state index contributed by atoms with van der Waals surface area (Å²) in [6, 6.07) is 8.36. The molecule has 0 bridgehead atoms. The van der Waals surface area contributed by atoms with Crippen molar-refractivity contribution in [3.8, 4) is 0 Å². The average Bonchev–Trinajstić information content (AvgIpc) is 2.68. The number of rotatable bonds is 11. The first-order valence-electron chi connectivity index (χ1n) is 10.9. The van der Waals surface area contributed by atoms with E-state index in [1.54, 1.807) is 0 Å². The summed E-state index contributed by atoms with van der Waals surface area (Å²) in [5.41, 5.74) is 2.19. The van der Waals surface area contributed by atoms with Crippen LogP contribution in [-0.2, 0) is 4.74 Å². The molecule has 0 radical (unpaired) electrons. The molecule has 2 rings (SSSR count). The van der Waals surface area contributed by atoms with Gasteiger partial charge in [-0.1, -0.05) is 70.2 Å². The van der Waals surface area contributed by atoms with E-state index in [1.807, 2.05) is 19.1 Å². The fourth-order valence-electron chi connectivity index (χ4n) is 4.21. The third kappa shape index (κ3) is 6.54. The van der Waals surface area contributed by atoms with Gasteiger partial charge in [-0.05, 0) is 56.4 Å². The fourth-order valence-corrected chi connectivity index (χ4v) is 4.21. The molecule has 26 heavy (non-hydrogen) atoms. The number of carbonyl (C=O) groups is 1. The van der Waals surface area contributed by atoms with Gasteiger partial charge in [-0.2, -0.15) is 0 Å². The van der Waals surface area contributed by atoms with Gasteiger partial charge in [0.05, 0.1) is 0 Å². The molecule has 2 heteroatoms. The number of unbranched alkanes of at least 4 members (excludes halogenated alkanes) is 3. The number of hydrogen-bond donors (Lipinski definition) is 0. The number of hydrogen-bond acceptors (Lipinski definition) is 2. The van der Waals surface area contributed by atoms with E-state index in [0.717, 1.165) is 17.9 Å². The van der Waals surface area contributed by atoms with Crippen LogP contribution in [0.3, 0.4) is 0 Å². The van der Waals surface area contributed by atoms with Crippen LogP contribution in [0.2, 0.25) is 0 Å². The highest BCUT2D eigenvalue weighted by Gasteiger charge is 2.22. The van der Waals surface area contributed by atoms with Crippen LogP contribution in [0.1, 0.15) is 107 Å². The Morgan fingerprint density at radius 1 is 1.00 bits per heavy atom. The Morgan fingerprint density at radius 3 is 2.31 bits per heavy atom. The molecule has 1 atom stereocenters. The van der Waals surface area contributed by atoms with Crippen molar-refractivity contribution in [2.75, 3.05) is 6.61 Å². The zero-order valence-electron chi connectivity index (χ0n) is 17.1. The van der Waals surface area contributed by atoms with E-state index in [4.69, 9.17) is 4.74 Å². The maximum atomic E-state index is 12.5. The zero-order valence-corrected chi connectivity index (χ0v) is 17.1. The Kier molecular flexibility index (Phi) is 9.39. The van der Waals surface area contributed by atoms with Crippen molar-refractivity contribution in [3.63, 3.8) is 0 Å². The summed E-state index contributed by atoms with van der Waals surface area (Å²) in [4.78, 5) is 12.5. The molecule has 1 aromatic carbocycles. The molecule has 0 amide bonds. The number of benzene rings is 1. The van der Waals surface area contributed by atoms with Crippen molar-refractivity contribution in [3.05, 3.63) is 35.4 Å². The van der Waals surface area contributed by atoms with Crippen molar-refractivity contribution in [1.29, 1.82) is 0 Å². The van der Waals surface area contributed by atoms with Gasteiger partial charge in [0.25, 0.3) is 0 Å². The summed E-state index contributed by atoms with van der Waals surface area (Å²) in [5.74, 6) is 1.73. The summed E-state index contributed by atoms with van der Waals surface area (Å²) < 4.78 is 5.74. The SMILES string of the molecule is CCCCCCOC(C)C(=O)c1ccc(C2CCC(CCC)CC2)cc1. The second-order valence-corrected chi connectivity index (χ2v) is 8.07. The topological polar surface area (TPSA) is 26.3 Å². The van der Waals surface area contributed by atoms with Crippen molar-refractivity contribution in [2.24, 2.45) is 5.92 Å². The van der Waals surface area contributed by atoms with Crippen molar-refractivity contribution < 1.29 is 9.53 Å². The summed E-state index contributed by atoms with van der Waals surface area (Å²) in [6.07, 6.45) is 12.4. The number of ketones is 1. The van der Waals surface area contributed by atoms with Gasteiger partial charge in [-0.3, -0.25) is 4.79 Å². The van der Waals surface area contributed by atoms with Gasteiger partial charge in [0.15, 0.2) is 5.78 Å². The standard InChI is InChI=1S/C24H38O2/c1-4-6-7-8-18-26-19(3)24(25)23-16-14-22(15-17-23)21-12-10-20(9-5-2)11-13-21/h14-17,19-21H,4-13,18H2,1-3H3. The maximum absolute atomic E-state index is 12.5. The molecule has 2 nitrogen and oxygen atoms in total. The minimum absolute atomic E-state index is 0.110. The zero-order chi connectivity index (χ0) is 18.8. The molecule has 0 aromatic heterocycles. The van der Waals surface area contributed by atoms with E-state index in [1.165, 1.54) is 63.4 Å². The van der Waals surface area contributed by atoms with Gasteiger partial charge in [-0.15, -0.1) is 0 Å². The lowest BCUT2D eigenvalue weighted by Gasteiger charge is -2.28. The fraction of sp³-hybridized carbons (Fsp3) is 0.708. The van der Waals surface area contributed by atoms with Crippen LogP contribution in [0.4, 0.5) is 0 Å². The van der Waals surface area contributed by atoms with E-state index in [2.05, 4.69) is 26.0 Å². The molecule has 0 heterocycles. The monoisotopic (exact) mass is 358 g/mol. The van der Waals surface area contributed by atoms with E-state index >= 15 is 0 Å². The highest BCUT2D eigenvalue weighted by atomic mass is 16.5. The van der Waals surface area contributed by atoms with Crippen LogP contribution < -0.4 is 0 Å². The van der Waals surface area contributed by atoms with E-state index in [9.17, 15) is 4.79 Å². The lowest BCUT2D eigenvalue weighted by atomic mass is 9.77. The summed E-state index contributed by atoms with van der Waals surface area (Å²) >= 11 is 0. The normalized spacial score (nSPS) is 21.5. The average molecular weight is 359 g/mol. The molecular weight excluding hydrogens is 320 g/mol. The predicted molar refractivity (Wildman–Crippen MR) is 110 cm³/mol. The van der Waals surface area contributed by atoms with Gasteiger partial charge in [-0.25, -0.2) is 0 Å². The minimum atomic E-state index is -0.341. The van der Waals surface area contributed by atoms with E-state index in [0.29, 0.717) is 12.5 Å². The Bertz CT molecular complexity index is 512. The molecule has 1 unspecified atom stereocenters. The van der Waals surface area contributed by atoms with Crippen LogP contribution >= 0.6 is 0 Å². The highest BCUT2D eigenvalue weighted by molar-refractivity contribution is 5.99. The molecule has 0 aliphatic heterocycles. The largest absolute Gasteiger partial charge is 0.370 e. The van der Waals surface area contributed by atoms with Gasteiger partial charge >= 0.3 is 0 Å². The lowest BCUT2D eigenvalue weighted by Crippen LogP contribution is -2.21. The number of carbonyl (C=O) groups excluding carboxylic acids is 1. The summed E-state index contributed by atoms with van der Waals surface area (Å²) in [7, 11) is 0. The Labute approximate surface area is 160 Å². The van der Waals surface area contributed by atoms with Gasteiger partial charge in [0.1, 0.15) is 6.10 Å². The summed E-state index contributed by atoms with van der Waals surface area (Å²) in [6.45, 7) is 7.06. The van der Waals surface area contributed by atoms with Gasteiger partial charge < -0.3 is 4.74 Å². The second kappa shape index (κ2) is 11.5. The van der Waals surface area contributed by atoms with Crippen molar-refractivity contribution in [1.82, 2.24) is 0 Å². The first-order valence-corrected chi connectivity index (χ1v) is 10.9. The minimum Gasteiger partial charge on any atom is -0.370 e. The van der Waals surface area contributed by atoms with Crippen LogP contribution in [0, 0.1) is 5.92 Å². The third-order valence-corrected chi connectivity index (χ3v) is 5.95. The molecule has 1 fully saturated rings. The van der Waals surface area contributed by atoms with Crippen molar-refractivity contribution >= 4 is 5.78 Å². The molecule has 0 saturated heterocycles. The Hall–Kier alpha value is -1.15. The molecule has 0 N–H and O–H groups in total. The predicted octanol–water partition coefficient (Wildman–Crippen LogP) is 6.93. The maximum Gasteiger partial charge on any atom is 0.191 e. The highest BCUT2D eigenvalue weighted by Crippen LogP contribution is 2.37. The second-order valence-electron chi connectivity index (χ2n) is 8.07. The molecular formula is C24H38O2. The van der Waals surface area contributed by atoms with Crippen LogP contribution in [0.5, 0.6) is 0 Å². The smallest absolute Gasteiger partial charge is 0.191 e. The van der Waals surface area contributed by atoms with E-state index in [-0.39, 0.29) is 11.9 Å². The molecule has 1 saturated carbocycles. The Morgan fingerprint density at radius 2 is 1.69 bits per heavy atom. The van der Waals surface area contributed by atoms with Crippen LogP contribution in [0.15, 0.2) is 24.3 Å².